The maximum absolute atomic E-state index is 6.60. The molecule has 0 bridgehead atoms. The molecule has 3 aromatic heterocycles. The van der Waals surface area contributed by atoms with Gasteiger partial charge in [0, 0.05) is 38.4 Å². The first kappa shape index (κ1) is 29.8. The fraction of sp³-hybridized carbons (Fsp3) is 0.0625. The Morgan fingerprint density at radius 3 is 2.09 bits per heavy atom. The van der Waals surface area contributed by atoms with Gasteiger partial charge in [-0.25, -0.2) is 15.0 Å². The molecule has 53 heavy (non-hydrogen) atoms. The first-order valence-electron chi connectivity index (χ1n) is 18.1. The Morgan fingerprint density at radius 1 is 0.491 bits per heavy atom. The number of furan rings is 2. The maximum atomic E-state index is 6.60. The maximum Gasteiger partial charge on any atom is 0.164 e. The molecule has 0 spiro atoms. The smallest absolute Gasteiger partial charge is 0.164 e. The van der Waals surface area contributed by atoms with E-state index in [4.69, 9.17) is 23.8 Å². The van der Waals surface area contributed by atoms with Crippen LogP contribution in [0.5, 0.6) is 0 Å². The summed E-state index contributed by atoms with van der Waals surface area (Å²) in [5, 5.41) is 7.91. The van der Waals surface area contributed by atoms with Crippen LogP contribution in [0.1, 0.15) is 30.6 Å². The van der Waals surface area contributed by atoms with E-state index in [9.17, 15) is 0 Å². The summed E-state index contributed by atoms with van der Waals surface area (Å²) < 4.78 is 13.0. The van der Waals surface area contributed by atoms with Crippen molar-refractivity contribution in [1.82, 2.24) is 15.0 Å². The number of allylic oxidation sites excluding steroid dienone is 1. The number of nitrogens with zero attached hydrogens (tertiary/aromatic N) is 3. The second-order valence-electron chi connectivity index (χ2n) is 14.0. The molecule has 5 heteroatoms. The van der Waals surface area contributed by atoms with E-state index in [2.05, 4.69) is 116 Å². The van der Waals surface area contributed by atoms with Crippen molar-refractivity contribution >= 4 is 60.5 Å². The molecule has 250 valence electrons. The fourth-order valence-corrected chi connectivity index (χ4v) is 8.20. The molecule has 1 unspecified atom stereocenters. The SMILES string of the molecule is CC1CC=Cc2oc3cccc(-c4nc(-c5ccccc5)nc(-c5cc(-c6ccc7ccc8ccccc8c7c6)cc6oc7ccccc7c56)n4)c3c21. The molecule has 0 saturated heterocycles. The molecule has 10 aromatic rings. The van der Waals surface area contributed by atoms with Crippen molar-refractivity contribution in [3.05, 3.63) is 157 Å². The molecule has 1 aliphatic carbocycles. The quantitative estimate of drug-likeness (QED) is 0.173. The van der Waals surface area contributed by atoms with Crippen molar-refractivity contribution in [3.63, 3.8) is 0 Å². The van der Waals surface area contributed by atoms with Crippen LogP contribution in [0.4, 0.5) is 0 Å². The summed E-state index contributed by atoms with van der Waals surface area (Å²) >= 11 is 0. The van der Waals surface area contributed by atoms with Crippen LogP contribution >= 0.6 is 0 Å². The Morgan fingerprint density at radius 2 is 1.21 bits per heavy atom. The number of aromatic nitrogens is 3. The van der Waals surface area contributed by atoms with Gasteiger partial charge in [-0.05, 0) is 81.4 Å². The molecule has 0 radical (unpaired) electrons. The first-order chi connectivity index (χ1) is 26.2. The van der Waals surface area contributed by atoms with Crippen molar-refractivity contribution in [1.29, 1.82) is 0 Å². The molecule has 5 nitrogen and oxygen atoms in total. The third-order valence-electron chi connectivity index (χ3n) is 10.7. The summed E-state index contributed by atoms with van der Waals surface area (Å²) in [6.45, 7) is 2.25. The molecule has 0 aliphatic heterocycles. The molecule has 0 N–H and O–H groups in total. The molecule has 0 amide bonds. The normalized spacial score (nSPS) is 14.2. The summed E-state index contributed by atoms with van der Waals surface area (Å²) in [7, 11) is 0. The van der Waals surface area contributed by atoms with Gasteiger partial charge in [-0.2, -0.15) is 0 Å². The molecule has 0 fully saturated rings. The summed E-state index contributed by atoms with van der Waals surface area (Å²) in [4.78, 5) is 15.7. The number of hydrogen-bond acceptors (Lipinski definition) is 5. The molecular weight excluding hydrogens is 651 g/mol. The predicted octanol–water partition coefficient (Wildman–Crippen LogP) is 13.0. The van der Waals surface area contributed by atoms with Gasteiger partial charge in [0.1, 0.15) is 22.5 Å². The largest absolute Gasteiger partial charge is 0.456 e. The van der Waals surface area contributed by atoms with Crippen molar-refractivity contribution in [2.75, 3.05) is 0 Å². The zero-order valence-electron chi connectivity index (χ0n) is 28.9. The van der Waals surface area contributed by atoms with E-state index >= 15 is 0 Å². The van der Waals surface area contributed by atoms with Gasteiger partial charge in [0.25, 0.3) is 0 Å². The second-order valence-corrected chi connectivity index (χ2v) is 14.0. The lowest BCUT2D eigenvalue weighted by Gasteiger charge is -2.15. The van der Waals surface area contributed by atoms with E-state index in [1.54, 1.807) is 0 Å². The lowest BCUT2D eigenvalue weighted by atomic mass is 9.89. The zero-order chi connectivity index (χ0) is 35.0. The van der Waals surface area contributed by atoms with Gasteiger partial charge in [-0.1, -0.05) is 122 Å². The molecule has 7 aromatic carbocycles. The third kappa shape index (κ3) is 4.74. The highest BCUT2D eigenvalue weighted by Crippen LogP contribution is 2.44. The van der Waals surface area contributed by atoms with Crippen molar-refractivity contribution in [3.8, 4) is 45.3 Å². The second kappa shape index (κ2) is 11.6. The third-order valence-corrected chi connectivity index (χ3v) is 10.7. The van der Waals surface area contributed by atoms with Gasteiger partial charge < -0.3 is 8.83 Å². The molecule has 11 rings (SSSR count). The summed E-state index contributed by atoms with van der Waals surface area (Å²) in [6.07, 6.45) is 5.24. The zero-order valence-corrected chi connectivity index (χ0v) is 28.9. The Balaban J connectivity index is 1.20. The van der Waals surface area contributed by atoms with E-state index < -0.39 is 0 Å². The van der Waals surface area contributed by atoms with Gasteiger partial charge in [-0.3, -0.25) is 0 Å². The Hall–Kier alpha value is -6.85. The van der Waals surface area contributed by atoms with Crippen LogP contribution in [-0.2, 0) is 0 Å². The van der Waals surface area contributed by atoms with Crippen LogP contribution in [0.2, 0.25) is 0 Å². The van der Waals surface area contributed by atoms with Crippen LogP contribution in [0, 0.1) is 0 Å². The van der Waals surface area contributed by atoms with E-state index in [0.717, 1.165) is 72.9 Å². The van der Waals surface area contributed by atoms with Gasteiger partial charge in [0.05, 0.1) is 0 Å². The number of hydrogen-bond donors (Lipinski definition) is 0. The highest BCUT2D eigenvalue weighted by molar-refractivity contribution is 6.14. The van der Waals surface area contributed by atoms with Crippen LogP contribution in [-0.4, -0.2) is 15.0 Å². The topological polar surface area (TPSA) is 65.0 Å². The standard InChI is InChI=1S/C48H31N3O2/c1-28-11-9-19-40-43(28)45-36(17-10-20-41(45)53-40)47-49-46(31-13-3-2-4-14-31)50-48(51-47)38-26-33(27-42-44(38)35-16-7-8-18-39(35)52-42)32-24-23-30-22-21-29-12-5-6-15-34(29)37(30)25-32/h2-10,12-28H,11H2,1H3. The highest BCUT2D eigenvalue weighted by atomic mass is 16.3. The van der Waals surface area contributed by atoms with E-state index in [0.29, 0.717) is 23.4 Å². The highest BCUT2D eigenvalue weighted by Gasteiger charge is 2.25. The van der Waals surface area contributed by atoms with E-state index in [1.165, 1.54) is 27.1 Å². The summed E-state index contributed by atoms with van der Waals surface area (Å²) in [5.74, 6) is 3.01. The Labute approximate surface area is 304 Å². The molecule has 3 heterocycles. The van der Waals surface area contributed by atoms with Crippen LogP contribution < -0.4 is 0 Å². The molecular formula is C48H31N3O2. The molecule has 1 aliphatic rings. The van der Waals surface area contributed by atoms with Gasteiger partial charge in [0.2, 0.25) is 0 Å². The van der Waals surface area contributed by atoms with E-state index in [-0.39, 0.29) is 0 Å². The minimum absolute atomic E-state index is 0.306. The average molecular weight is 682 g/mol. The van der Waals surface area contributed by atoms with Gasteiger partial charge in [-0.15, -0.1) is 0 Å². The fourth-order valence-electron chi connectivity index (χ4n) is 8.20. The Kier molecular flexibility index (Phi) is 6.52. The minimum atomic E-state index is 0.306. The summed E-state index contributed by atoms with van der Waals surface area (Å²) in [6, 6.07) is 48.5. The number of rotatable bonds is 4. The predicted molar refractivity (Wildman–Crippen MR) is 216 cm³/mol. The lowest BCUT2D eigenvalue weighted by Crippen LogP contribution is -2.02. The first-order valence-corrected chi connectivity index (χ1v) is 18.1. The van der Waals surface area contributed by atoms with Gasteiger partial charge >= 0.3 is 0 Å². The summed E-state index contributed by atoms with van der Waals surface area (Å²) in [5.41, 5.74) is 8.49. The van der Waals surface area contributed by atoms with Crippen LogP contribution in [0.3, 0.4) is 0 Å². The monoisotopic (exact) mass is 681 g/mol. The van der Waals surface area contributed by atoms with E-state index in [1.807, 2.05) is 42.5 Å². The van der Waals surface area contributed by atoms with Crippen molar-refractivity contribution in [2.45, 2.75) is 19.3 Å². The van der Waals surface area contributed by atoms with Crippen LogP contribution in [0.15, 0.2) is 154 Å². The number of benzene rings is 7. The van der Waals surface area contributed by atoms with Crippen LogP contribution in [0.25, 0.3) is 106 Å². The average Bonchev–Trinajstić information content (AvgIpc) is 3.80. The minimum Gasteiger partial charge on any atom is -0.456 e. The van der Waals surface area contributed by atoms with Gasteiger partial charge in [0.15, 0.2) is 17.5 Å². The molecule has 1 atom stereocenters. The molecule has 0 saturated carbocycles. The Bertz CT molecular complexity index is 3120. The van der Waals surface area contributed by atoms with Crippen molar-refractivity contribution < 1.29 is 8.83 Å². The number of fused-ring (bicyclic) bond motifs is 9. The lowest BCUT2D eigenvalue weighted by molar-refractivity contribution is 0.586. The van der Waals surface area contributed by atoms with Crippen molar-refractivity contribution in [2.24, 2.45) is 0 Å². The number of para-hydroxylation sites is 1.